The average molecular weight is 479 g/mol. The normalized spacial score (nSPS) is 15.1. The lowest BCUT2D eigenvalue weighted by atomic mass is 9.95. The predicted molar refractivity (Wildman–Crippen MR) is 129 cm³/mol. The summed E-state index contributed by atoms with van der Waals surface area (Å²) in [7, 11) is 4.40. The van der Waals surface area contributed by atoms with Gasteiger partial charge >= 0.3 is 0 Å². The largest absolute Gasteiger partial charge is 0.376 e. The van der Waals surface area contributed by atoms with Crippen LogP contribution in [0.5, 0.6) is 0 Å². The summed E-state index contributed by atoms with van der Waals surface area (Å²) in [5, 5.41) is 11.2. The second kappa shape index (κ2) is 11.1. The summed E-state index contributed by atoms with van der Waals surface area (Å²) < 4.78 is 5.48. The molecule has 0 spiro atoms. The number of carbonyl (C=O) groups excluding carboxylic acids is 3. The molecule has 3 N–H and O–H groups in total. The molecule has 3 amide bonds. The maximum atomic E-state index is 12.7. The van der Waals surface area contributed by atoms with E-state index in [0.717, 1.165) is 30.1 Å². The fourth-order valence-corrected chi connectivity index (χ4v) is 3.92. The summed E-state index contributed by atoms with van der Waals surface area (Å²) in [6.07, 6.45) is 0. The molecule has 0 aromatic heterocycles. The van der Waals surface area contributed by atoms with Gasteiger partial charge in [-0.25, -0.2) is 5.48 Å². The molecular formula is C26H30N4O5. The first-order valence-corrected chi connectivity index (χ1v) is 11.1. The van der Waals surface area contributed by atoms with Gasteiger partial charge in [-0.05, 0) is 48.9 Å². The fraction of sp³-hybridized carbons (Fsp3) is 0.346. The summed E-state index contributed by atoms with van der Waals surface area (Å²) in [5.41, 5.74) is 4.45. The number of hydroxylamine groups is 1. The molecule has 1 aliphatic heterocycles. The van der Waals surface area contributed by atoms with Gasteiger partial charge in [0, 0.05) is 57.5 Å². The monoisotopic (exact) mass is 478 g/mol. The van der Waals surface area contributed by atoms with E-state index in [1.165, 1.54) is 25.1 Å². The van der Waals surface area contributed by atoms with Gasteiger partial charge in [-0.2, -0.15) is 0 Å². The first kappa shape index (κ1) is 25.9. The van der Waals surface area contributed by atoms with Crippen LogP contribution in [0, 0.1) is 11.8 Å². The maximum Gasteiger partial charge on any atom is 0.275 e. The van der Waals surface area contributed by atoms with Crippen molar-refractivity contribution in [2.75, 3.05) is 34.3 Å². The second-order valence-corrected chi connectivity index (χ2v) is 8.73. The quantitative estimate of drug-likeness (QED) is 0.237. The number of methoxy groups -OCH3 is 1. The maximum absolute atomic E-state index is 12.7. The number of nitrogens with one attached hydrogen (secondary N) is 2. The molecular weight excluding hydrogens is 448 g/mol. The van der Waals surface area contributed by atoms with Gasteiger partial charge in [0.25, 0.3) is 17.7 Å². The van der Waals surface area contributed by atoms with E-state index in [0.29, 0.717) is 5.56 Å². The molecule has 1 unspecified atom stereocenters. The Bertz CT molecular complexity index is 1110. The number of amides is 3. The second-order valence-electron chi connectivity index (χ2n) is 8.73. The zero-order valence-electron chi connectivity index (χ0n) is 20.3. The van der Waals surface area contributed by atoms with Gasteiger partial charge in [0.2, 0.25) is 0 Å². The van der Waals surface area contributed by atoms with E-state index in [4.69, 9.17) is 9.94 Å². The molecule has 2 aromatic carbocycles. The zero-order chi connectivity index (χ0) is 25.6. The molecule has 35 heavy (non-hydrogen) atoms. The van der Waals surface area contributed by atoms with Crippen LogP contribution in [-0.4, -0.2) is 78.7 Å². The first-order chi connectivity index (χ1) is 16.7. The van der Waals surface area contributed by atoms with Crippen LogP contribution >= 0.6 is 0 Å². The lowest BCUT2D eigenvalue weighted by molar-refractivity contribution is -0.140. The van der Waals surface area contributed by atoms with E-state index < -0.39 is 23.8 Å². The SMILES string of the molecule is CNC(=O)C(C(=O)NO)N(C)C(=O)c1ccc(C#Cc2ccc(CN3CC(C)(OC)C3)cc2)cc1. The molecule has 1 atom stereocenters. The minimum absolute atomic E-state index is 0.0408. The summed E-state index contributed by atoms with van der Waals surface area (Å²) in [4.78, 5) is 39.9. The van der Waals surface area contributed by atoms with Crippen molar-refractivity contribution >= 4 is 17.7 Å². The molecule has 0 radical (unpaired) electrons. The van der Waals surface area contributed by atoms with Gasteiger partial charge in [0.1, 0.15) is 0 Å². The van der Waals surface area contributed by atoms with Gasteiger partial charge < -0.3 is 15.0 Å². The molecule has 9 nitrogen and oxygen atoms in total. The molecule has 2 aromatic rings. The first-order valence-electron chi connectivity index (χ1n) is 11.1. The van der Waals surface area contributed by atoms with Gasteiger partial charge in [0.15, 0.2) is 6.04 Å². The Balaban J connectivity index is 1.62. The van der Waals surface area contributed by atoms with E-state index in [2.05, 4.69) is 41.1 Å². The van der Waals surface area contributed by atoms with E-state index in [1.54, 1.807) is 31.4 Å². The Morgan fingerprint density at radius 2 is 1.60 bits per heavy atom. The zero-order valence-corrected chi connectivity index (χ0v) is 20.3. The van der Waals surface area contributed by atoms with Crippen molar-refractivity contribution in [2.24, 2.45) is 0 Å². The van der Waals surface area contributed by atoms with Gasteiger partial charge in [0.05, 0.1) is 5.60 Å². The van der Waals surface area contributed by atoms with Crippen molar-refractivity contribution in [1.82, 2.24) is 20.6 Å². The van der Waals surface area contributed by atoms with Crippen LogP contribution in [0.1, 0.15) is 34.0 Å². The molecule has 0 saturated carbocycles. The summed E-state index contributed by atoms with van der Waals surface area (Å²) in [5.74, 6) is 3.90. The van der Waals surface area contributed by atoms with Crippen molar-refractivity contribution in [3.63, 3.8) is 0 Å². The molecule has 184 valence electrons. The Labute approximate surface area is 205 Å². The molecule has 9 heteroatoms. The van der Waals surface area contributed by atoms with Crippen LogP contribution in [0.25, 0.3) is 0 Å². The predicted octanol–water partition coefficient (Wildman–Crippen LogP) is 0.999. The van der Waals surface area contributed by atoms with Crippen molar-refractivity contribution in [3.05, 3.63) is 70.8 Å². The molecule has 1 saturated heterocycles. The van der Waals surface area contributed by atoms with Crippen LogP contribution in [0.2, 0.25) is 0 Å². The van der Waals surface area contributed by atoms with Crippen LogP contribution in [0.3, 0.4) is 0 Å². The number of likely N-dealkylation sites (tertiary alicyclic amines) is 1. The summed E-state index contributed by atoms with van der Waals surface area (Å²) >= 11 is 0. The minimum atomic E-state index is -1.51. The molecule has 0 bridgehead atoms. The fourth-order valence-electron chi connectivity index (χ4n) is 3.92. The van der Waals surface area contributed by atoms with E-state index in [-0.39, 0.29) is 11.2 Å². The number of rotatable bonds is 7. The Morgan fingerprint density at radius 1 is 1.06 bits per heavy atom. The average Bonchev–Trinajstić information content (AvgIpc) is 2.86. The van der Waals surface area contributed by atoms with Crippen molar-refractivity contribution in [3.8, 4) is 11.8 Å². The highest BCUT2D eigenvalue weighted by molar-refractivity contribution is 6.08. The number of ether oxygens (including phenoxy) is 1. The smallest absolute Gasteiger partial charge is 0.275 e. The number of benzene rings is 2. The third-order valence-corrected chi connectivity index (χ3v) is 6.01. The van der Waals surface area contributed by atoms with Gasteiger partial charge in [-0.15, -0.1) is 0 Å². The third-order valence-electron chi connectivity index (χ3n) is 6.01. The minimum Gasteiger partial charge on any atom is -0.376 e. The lowest BCUT2D eigenvalue weighted by Crippen LogP contribution is -2.60. The Morgan fingerprint density at radius 3 is 2.09 bits per heavy atom. The topological polar surface area (TPSA) is 111 Å². The van der Waals surface area contributed by atoms with E-state index >= 15 is 0 Å². The molecule has 1 aliphatic rings. The molecule has 1 fully saturated rings. The third kappa shape index (κ3) is 6.25. The Hall–Kier alpha value is -3.71. The van der Waals surface area contributed by atoms with E-state index in [1.807, 2.05) is 12.1 Å². The number of carbonyl (C=O) groups is 3. The van der Waals surface area contributed by atoms with Gasteiger partial charge in [-0.1, -0.05) is 24.0 Å². The number of likely N-dealkylation sites (N-methyl/N-ethyl adjacent to an activating group) is 2. The van der Waals surface area contributed by atoms with Crippen molar-refractivity contribution in [1.29, 1.82) is 0 Å². The summed E-state index contributed by atoms with van der Waals surface area (Å²) in [6, 6.07) is 13.1. The molecule has 3 rings (SSSR count). The standard InChI is InChI=1S/C26H30N4O5/c1-26(35-4)16-30(17-26)15-20-9-7-18(8-10-20)5-6-19-11-13-21(14-12-19)25(33)29(3)22(23(31)27-2)24(32)28-34/h7-14,22,34H,15-17H2,1-4H3,(H,27,31)(H,28,32). The highest BCUT2D eigenvalue weighted by Gasteiger charge is 2.38. The number of nitrogens with zero attached hydrogens (tertiary/aromatic N) is 2. The Kier molecular flexibility index (Phi) is 8.25. The van der Waals surface area contributed by atoms with Crippen LogP contribution < -0.4 is 10.8 Å². The van der Waals surface area contributed by atoms with Crippen LogP contribution in [-0.2, 0) is 20.9 Å². The van der Waals surface area contributed by atoms with Crippen LogP contribution in [0.15, 0.2) is 48.5 Å². The summed E-state index contributed by atoms with van der Waals surface area (Å²) in [6.45, 7) is 4.82. The molecule has 0 aliphatic carbocycles. The van der Waals surface area contributed by atoms with E-state index in [9.17, 15) is 14.4 Å². The number of hydrogen-bond donors (Lipinski definition) is 3. The lowest BCUT2D eigenvalue weighted by Gasteiger charge is -2.47. The highest BCUT2D eigenvalue weighted by Crippen LogP contribution is 2.25. The van der Waals surface area contributed by atoms with Crippen molar-refractivity contribution in [2.45, 2.75) is 25.1 Å². The van der Waals surface area contributed by atoms with Crippen LogP contribution in [0.4, 0.5) is 0 Å². The molecule has 1 heterocycles. The number of hydrogen-bond acceptors (Lipinski definition) is 6. The van der Waals surface area contributed by atoms with Gasteiger partial charge in [-0.3, -0.25) is 24.5 Å². The van der Waals surface area contributed by atoms with Crippen molar-refractivity contribution < 1.29 is 24.3 Å². The highest BCUT2D eigenvalue weighted by atomic mass is 16.5.